The molecule has 2 aromatic carbocycles. The lowest BCUT2D eigenvalue weighted by atomic mass is 10.2. The van der Waals surface area contributed by atoms with Crippen molar-refractivity contribution in [3.63, 3.8) is 0 Å². The molecule has 126 valence electrons. The van der Waals surface area contributed by atoms with Gasteiger partial charge in [-0.1, -0.05) is 18.2 Å². The summed E-state index contributed by atoms with van der Waals surface area (Å²) in [5.74, 6) is 2.07. The molecule has 0 atom stereocenters. The molecule has 6 heteroatoms. The molecule has 0 amide bonds. The number of ether oxygens (including phenoxy) is 2. The molecule has 0 spiro atoms. The van der Waals surface area contributed by atoms with Gasteiger partial charge in [0.05, 0.1) is 0 Å². The lowest BCUT2D eigenvalue weighted by Crippen LogP contribution is -2.38. The van der Waals surface area contributed by atoms with Crippen molar-refractivity contribution in [2.45, 2.75) is 13.1 Å². The predicted molar refractivity (Wildman–Crippen MR) is 90.6 cm³/mol. The summed E-state index contributed by atoms with van der Waals surface area (Å²) in [4.78, 5) is 6.28. The van der Waals surface area contributed by atoms with Crippen molar-refractivity contribution in [2.24, 2.45) is 4.99 Å². The maximum absolute atomic E-state index is 13.0. The first kappa shape index (κ1) is 16.1. The molecule has 2 aromatic rings. The Morgan fingerprint density at radius 1 is 1.12 bits per heavy atom. The largest absolute Gasteiger partial charge is 0.454 e. The van der Waals surface area contributed by atoms with Crippen LogP contribution in [0.25, 0.3) is 0 Å². The van der Waals surface area contributed by atoms with Crippen LogP contribution in [-0.4, -0.2) is 31.7 Å². The van der Waals surface area contributed by atoms with E-state index in [1.165, 1.54) is 12.1 Å². The molecule has 24 heavy (non-hydrogen) atoms. The number of nitrogens with zero attached hydrogens (tertiary/aromatic N) is 2. The van der Waals surface area contributed by atoms with Crippen molar-refractivity contribution in [3.05, 3.63) is 59.4 Å². The molecule has 0 unspecified atom stereocenters. The molecular formula is C18H20FN3O2. The normalized spacial score (nSPS) is 13.0. The van der Waals surface area contributed by atoms with E-state index in [-0.39, 0.29) is 12.6 Å². The maximum Gasteiger partial charge on any atom is 0.231 e. The zero-order valence-corrected chi connectivity index (χ0v) is 13.8. The Balaban J connectivity index is 1.59. The van der Waals surface area contributed by atoms with Crippen molar-refractivity contribution in [3.8, 4) is 11.5 Å². The third-order valence-electron chi connectivity index (χ3n) is 3.79. The number of nitrogens with one attached hydrogen (secondary N) is 1. The summed E-state index contributed by atoms with van der Waals surface area (Å²) in [6.07, 6.45) is 0. The Hall–Kier alpha value is -2.76. The Labute approximate surface area is 140 Å². The first-order valence-corrected chi connectivity index (χ1v) is 7.70. The quantitative estimate of drug-likeness (QED) is 0.692. The van der Waals surface area contributed by atoms with E-state index in [1.54, 1.807) is 19.2 Å². The number of guanidine groups is 1. The minimum Gasteiger partial charge on any atom is -0.454 e. The smallest absolute Gasteiger partial charge is 0.231 e. The SMILES string of the molecule is CN=C(NCc1ccc2c(c1)OCO2)N(C)Cc1ccc(F)cc1. The third-order valence-corrected chi connectivity index (χ3v) is 3.79. The van der Waals surface area contributed by atoms with Crippen molar-refractivity contribution in [1.29, 1.82) is 0 Å². The fraction of sp³-hybridized carbons (Fsp3) is 0.278. The number of aliphatic imine (C=N–C) groups is 1. The van der Waals surface area contributed by atoms with Crippen LogP contribution in [0.2, 0.25) is 0 Å². The highest BCUT2D eigenvalue weighted by Crippen LogP contribution is 2.32. The second kappa shape index (κ2) is 7.21. The molecule has 3 rings (SSSR count). The fourth-order valence-electron chi connectivity index (χ4n) is 2.56. The first-order chi connectivity index (χ1) is 11.7. The van der Waals surface area contributed by atoms with Crippen LogP contribution in [0.15, 0.2) is 47.5 Å². The van der Waals surface area contributed by atoms with E-state index in [2.05, 4.69) is 10.3 Å². The third kappa shape index (κ3) is 3.76. The van der Waals surface area contributed by atoms with E-state index >= 15 is 0 Å². The molecule has 1 aliphatic rings. The monoisotopic (exact) mass is 329 g/mol. The molecule has 0 fully saturated rings. The summed E-state index contributed by atoms with van der Waals surface area (Å²) < 4.78 is 23.7. The van der Waals surface area contributed by atoms with Gasteiger partial charge in [-0.15, -0.1) is 0 Å². The summed E-state index contributed by atoms with van der Waals surface area (Å²) in [6, 6.07) is 12.3. The van der Waals surface area contributed by atoms with E-state index < -0.39 is 0 Å². The van der Waals surface area contributed by atoms with Gasteiger partial charge in [0.2, 0.25) is 6.79 Å². The Bertz CT molecular complexity index is 732. The molecule has 0 saturated carbocycles. The van der Waals surface area contributed by atoms with E-state index in [0.29, 0.717) is 13.1 Å². The van der Waals surface area contributed by atoms with Gasteiger partial charge in [-0.3, -0.25) is 4.99 Å². The molecule has 5 nitrogen and oxygen atoms in total. The van der Waals surface area contributed by atoms with Gasteiger partial charge in [0, 0.05) is 27.2 Å². The fourth-order valence-corrected chi connectivity index (χ4v) is 2.56. The molecule has 0 aromatic heterocycles. The number of hydrogen-bond acceptors (Lipinski definition) is 3. The Morgan fingerprint density at radius 3 is 2.58 bits per heavy atom. The van der Waals surface area contributed by atoms with Gasteiger partial charge in [-0.05, 0) is 35.4 Å². The number of fused-ring (bicyclic) bond motifs is 1. The number of rotatable bonds is 4. The molecule has 0 saturated heterocycles. The lowest BCUT2D eigenvalue weighted by molar-refractivity contribution is 0.174. The van der Waals surface area contributed by atoms with E-state index in [1.807, 2.05) is 30.1 Å². The molecule has 0 bridgehead atoms. The average molecular weight is 329 g/mol. The van der Waals surface area contributed by atoms with Gasteiger partial charge in [-0.2, -0.15) is 0 Å². The van der Waals surface area contributed by atoms with E-state index in [0.717, 1.165) is 28.6 Å². The number of hydrogen-bond donors (Lipinski definition) is 1. The minimum absolute atomic E-state index is 0.230. The standard InChI is InChI=1S/C18H20FN3O2/c1-20-18(22(2)11-13-3-6-15(19)7-4-13)21-10-14-5-8-16-17(9-14)24-12-23-16/h3-9H,10-12H2,1-2H3,(H,20,21). The predicted octanol–water partition coefficient (Wildman–Crippen LogP) is 2.76. The van der Waals surface area contributed by atoms with Crippen LogP contribution in [0.4, 0.5) is 4.39 Å². The van der Waals surface area contributed by atoms with Crippen molar-refractivity contribution in [2.75, 3.05) is 20.9 Å². The molecule has 1 heterocycles. The van der Waals surface area contributed by atoms with Crippen molar-refractivity contribution in [1.82, 2.24) is 10.2 Å². The highest BCUT2D eigenvalue weighted by atomic mass is 19.1. The van der Waals surface area contributed by atoms with Gasteiger partial charge < -0.3 is 19.7 Å². The van der Waals surface area contributed by atoms with Crippen LogP contribution >= 0.6 is 0 Å². The lowest BCUT2D eigenvalue weighted by Gasteiger charge is -2.22. The second-order valence-electron chi connectivity index (χ2n) is 5.57. The summed E-state index contributed by atoms with van der Waals surface area (Å²) in [7, 11) is 3.68. The van der Waals surface area contributed by atoms with E-state index in [9.17, 15) is 4.39 Å². The molecule has 1 aliphatic heterocycles. The molecule has 0 radical (unpaired) electrons. The van der Waals surface area contributed by atoms with Crippen LogP contribution in [0, 0.1) is 5.82 Å². The Kier molecular flexibility index (Phi) is 4.84. The van der Waals surface area contributed by atoms with Gasteiger partial charge in [-0.25, -0.2) is 4.39 Å². The van der Waals surface area contributed by atoms with Crippen LogP contribution < -0.4 is 14.8 Å². The summed E-state index contributed by atoms with van der Waals surface area (Å²) in [5.41, 5.74) is 2.10. The van der Waals surface area contributed by atoms with Gasteiger partial charge >= 0.3 is 0 Å². The summed E-state index contributed by atoms with van der Waals surface area (Å²) >= 11 is 0. The van der Waals surface area contributed by atoms with Crippen molar-refractivity contribution < 1.29 is 13.9 Å². The van der Waals surface area contributed by atoms with Crippen molar-refractivity contribution >= 4 is 5.96 Å². The zero-order chi connectivity index (χ0) is 16.9. The number of benzene rings is 2. The highest BCUT2D eigenvalue weighted by Gasteiger charge is 2.13. The van der Waals surface area contributed by atoms with Crippen LogP contribution in [0.1, 0.15) is 11.1 Å². The maximum atomic E-state index is 13.0. The minimum atomic E-state index is -0.230. The number of halogens is 1. The molecule has 1 N–H and O–H groups in total. The van der Waals surface area contributed by atoms with Crippen LogP contribution in [0.5, 0.6) is 11.5 Å². The summed E-state index contributed by atoms with van der Waals surface area (Å²) in [5, 5.41) is 3.31. The first-order valence-electron chi connectivity index (χ1n) is 7.70. The van der Waals surface area contributed by atoms with Crippen LogP contribution in [0.3, 0.4) is 0 Å². The molecular weight excluding hydrogens is 309 g/mol. The van der Waals surface area contributed by atoms with Gasteiger partial charge in [0.25, 0.3) is 0 Å². The van der Waals surface area contributed by atoms with Gasteiger partial charge in [0.15, 0.2) is 17.5 Å². The second-order valence-corrected chi connectivity index (χ2v) is 5.57. The Morgan fingerprint density at radius 2 is 1.83 bits per heavy atom. The topological polar surface area (TPSA) is 46.1 Å². The highest BCUT2D eigenvalue weighted by molar-refractivity contribution is 5.79. The van der Waals surface area contributed by atoms with Crippen LogP contribution in [-0.2, 0) is 13.1 Å². The summed E-state index contributed by atoms with van der Waals surface area (Å²) in [6.45, 7) is 1.53. The van der Waals surface area contributed by atoms with E-state index in [4.69, 9.17) is 9.47 Å². The van der Waals surface area contributed by atoms with Gasteiger partial charge in [0.1, 0.15) is 5.82 Å². The molecule has 0 aliphatic carbocycles. The average Bonchev–Trinajstić information content (AvgIpc) is 3.05. The zero-order valence-electron chi connectivity index (χ0n) is 13.8.